The SMILES string of the molecule is CCOc1ccc(-c2csc3nc(C)nc(SCCC(N)=O)c23)cc1. The van der Waals surface area contributed by atoms with Gasteiger partial charge in [-0.3, -0.25) is 4.79 Å². The highest BCUT2D eigenvalue weighted by Gasteiger charge is 2.15. The number of nitrogens with zero attached hydrogens (tertiary/aromatic N) is 2. The first-order valence-electron chi connectivity index (χ1n) is 7.98. The molecule has 0 radical (unpaired) electrons. The number of aromatic nitrogens is 2. The lowest BCUT2D eigenvalue weighted by atomic mass is 10.1. The number of hydrogen-bond donors (Lipinski definition) is 1. The van der Waals surface area contributed by atoms with Crippen LogP contribution in [0, 0.1) is 6.92 Å². The Labute approximate surface area is 154 Å². The second kappa shape index (κ2) is 7.84. The standard InChI is InChI=1S/C18H19N3O2S2/c1-3-23-13-6-4-12(5-7-13)14-10-25-18-16(14)17(20-11(2)21-18)24-9-8-15(19)22/h4-7,10H,3,8-9H2,1-2H3,(H2,19,22). The predicted molar refractivity (Wildman–Crippen MR) is 103 cm³/mol. The van der Waals surface area contributed by atoms with Crippen LogP contribution in [0.2, 0.25) is 0 Å². The molecule has 0 saturated heterocycles. The molecular formula is C18H19N3O2S2. The van der Waals surface area contributed by atoms with Crippen LogP contribution in [0.3, 0.4) is 0 Å². The summed E-state index contributed by atoms with van der Waals surface area (Å²) in [6.45, 7) is 4.50. The molecule has 3 aromatic rings. The summed E-state index contributed by atoms with van der Waals surface area (Å²) >= 11 is 3.15. The summed E-state index contributed by atoms with van der Waals surface area (Å²) in [5, 5.41) is 4.04. The van der Waals surface area contributed by atoms with E-state index in [0.717, 1.165) is 37.9 Å². The number of ether oxygens (including phenoxy) is 1. The third-order valence-corrected chi connectivity index (χ3v) is 5.43. The van der Waals surface area contributed by atoms with Crippen molar-refractivity contribution in [3.05, 3.63) is 35.5 Å². The maximum absolute atomic E-state index is 11.0. The van der Waals surface area contributed by atoms with Crippen molar-refractivity contribution in [3.8, 4) is 16.9 Å². The fourth-order valence-corrected chi connectivity index (χ4v) is 4.58. The van der Waals surface area contributed by atoms with Gasteiger partial charge in [0.25, 0.3) is 0 Å². The van der Waals surface area contributed by atoms with Gasteiger partial charge in [0, 0.05) is 23.1 Å². The lowest BCUT2D eigenvalue weighted by Crippen LogP contribution is -2.11. The summed E-state index contributed by atoms with van der Waals surface area (Å²) in [5.74, 6) is 1.90. The Morgan fingerprint density at radius 2 is 2.04 bits per heavy atom. The molecule has 0 aliphatic rings. The van der Waals surface area contributed by atoms with Gasteiger partial charge in [-0.05, 0) is 31.5 Å². The van der Waals surface area contributed by atoms with Crippen molar-refractivity contribution in [1.29, 1.82) is 0 Å². The Morgan fingerprint density at radius 3 is 2.72 bits per heavy atom. The van der Waals surface area contributed by atoms with Gasteiger partial charge in [0.05, 0.1) is 12.0 Å². The van der Waals surface area contributed by atoms with Gasteiger partial charge in [-0.2, -0.15) is 0 Å². The molecule has 25 heavy (non-hydrogen) atoms. The number of hydrogen-bond acceptors (Lipinski definition) is 6. The Hall–Kier alpha value is -2.12. The van der Waals surface area contributed by atoms with Crippen LogP contribution in [0.5, 0.6) is 5.75 Å². The van der Waals surface area contributed by atoms with E-state index in [-0.39, 0.29) is 5.91 Å². The molecule has 2 aromatic heterocycles. The number of nitrogens with two attached hydrogens (primary N) is 1. The summed E-state index contributed by atoms with van der Waals surface area (Å²) < 4.78 is 5.51. The van der Waals surface area contributed by atoms with E-state index in [1.54, 1.807) is 23.1 Å². The maximum atomic E-state index is 11.0. The van der Waals surface area contributed by atoms with Gasteiger partial charge in [-0.15, -0.1) is 23.1 Å². The molecule has 0 bridgehead atoms. The van der Waals surface area contributed by atoms with E-state index < -0.39 is 0 Å². The number of primary amides is 1. The predicted octanol–water partition coefficient (Wildman–Crippen LogP) is 4.03. The Morgan fingerprint density at radius 1 is 1.28 bits per heavy atom. The number of amides is 1. The molecule has 7 heteroatoms. The van der Waals surface area contributed by atoms with Crippen molar-refractivity contribution in [2.24, 2.45) is 5.73 Å². The molecule has 3 rings (SSSR count). The fourth-order valence-electron chi connectivity index (χ4n) is 2.47. The molecule has 0 saturated carbocycles. The van der Waals surface area contributed by atoms with Gasteiger partial charge in [0.15, 0.2) is 0 Å². The van der Waals surface area contributed by atoms with Crippen LogP contribution in [0.15, 0.2) is 34.7 Å². The van der Waals surface area contributed by atoms with E-state index in [9.17, 15) is 4.79 Å². The zero-order valence-electron chi connectivity index (χ0n) is 14.1. The Bertz CT molecular complexity index is 891. The molecule has 5 nitrogen and oxygen atoms in total. The van der Waals surface area contributed by atoms with Crippen LogP contribution >= 0.6 is 23.1 Å². The van der Waals surface area contributed by atoms with Gasteiger partial charge in [-0.1, -0.05) is 12.1 Å². The normalized spacial score (nSPS) is 11.0. The fraction of sp³-hybridized carbons (Fsp3) is 0.278. The largest absolute Gasteiger partial charge is 0.494 e. The van der Waals surface area contributed by atoms with E-state index in [2.05, 4.69) is 15.3 Å². The highest BCUT2D eigenvalue weighted by molar-refractivity contribution is 7.99. The molecule has 2 heterocycles. The molecule has 130 valence electrons. The van der Waals surface area contributed by atoms with Crippen molar-refractivity contribution in [1.82, 2.24) is 9.97 Å². The number of fused-ring (bicyclic) bond motifs is 1. The number of aryl methyl sites for hydroxylation is 1. The third kappa shape index (κ3) is 4.11. The van der Waals surface area contributed by atoms with E-state index in [4.69, 9.17) is 10.5 Å². The molecule has 0 aliphatic heterocycles. The van der Waals surface area contributed by atoms with Crippen molar-refractivity contribution in [3.63, 3.8) is 0 Å². The van der Waals surface area contributed by atoms with Crippen LogP contribution in [-0.4, -0.2) is 28.2 Å². The first-order chi connectivity index (χ1) is 12.1. The maximum Gasteiger partial charge on any atom is 0.218 e. The molecular weight excluding hydrogens is 354 g/mol. The van der Waals surface area contributed by atoms with Crippen LogP contribution in [0.1, 0.15) is 19.2 Å². The number of benzene rings is 1. The second-order valence-corrected chi connectivity index (χ2v) is 7.37. The Kier molecular flexibility index (Phi) is 5.55. The van der Waals surface area contributed by atoms with Crippen molar-refractivity contribution < 1.29 is 9.53 Å². The number of thiophene rings is 1. The molecule has 0 fully saturated rings. The zero-order chi connectivity index (χ0) is 17.8. The van der Waals surface area contributed by atoms with Crippen LogP contribution in [-0.2, 0) is 4.79 Å². The third-order valence-electron chi connectivity index (χ3n) is 3.58. The summed E-state index contributed by atoms with van der Waals surface area (Å²) in [6.07, 6.45) is 0.331. The molecule has 2 N–H and O–H groups in total. The van der Waals surface area contributed by atoms with Gasteiger partial charge < -0.3 is 10.5 Å². The Balaban J connectivity index is 1.99. The van der Waals surface area contributed by atoms with E-state index >= 15 is 0 Å². The number of carbonyl (C=O) groups is 1. The molecule has 0 atom stereocenters. The molecule has 1 aromatic carbocycles. The summed E-state index contributed by atoms with van der Waals surface area (Å²) in [6, 6.07) is 8.03. The van der Waals surface area contributed by atoms with Crippen molar-refractivity contribution in [2.75, 3.05) is 12.4 Å². The van der Waals surface area contributed by atoms with Crippen LogP contribution in [0.25, 0.3) is 21.3 Å². The minimum Gasteiger partial charge on any atom is -0.494 e. The van der Waals surface area contributed by atoms with Crippen LogP contribution in [0.4, 0.5) is 0 Å². The molecule has 0 aliphatic carbocycles. The summed E-state index contributed by atoms with van der Waals surface area (Å²) in [5.41, 5.74) is 7.44. The zero-order valence-corrected chi connectivity index (χ0v) is 15.7. The monoisotopic (exact) mass is 373 g/mol. The van der Waals surface area contributed by atoms with E-state index in [0.29, 0.717) is 18.8 Å². The number of thioether (sulfide) groups is 1. The topological polar surface area (TPSA) is 78.1 Å². The number of carbonyl (C=O) groups excluding carboxylic acids is 1. The van der Waals surface area contributed by atoms with E-state index in [1.165, 1.54) is 0 Å². The summed E-state index contributed by atoms with van der Waals surface area (Å²) in [7, 11) is 0. The highest BCUT2D eigenvalue weighted by atomic mass is 32.2. The van der Waals surface area contributed by atoms with Gasteiger partial charge in [-0.25, -0.2) is 9.97 Å². The van der Waals surface area contributed by atoms with Crippen LogP contribution < -0.4 is 10.5 Å². The summed E-state index contributed by atoms with van der Waals surface area (Å²) in [4.78, 5) is 21.1. The van der Waals surface area contributed by atoms with Gasteiger partial charge in [0.1, 0.15) is 21.4 Å². The lowest BCUT2D eigenvalue weighted by molar-refractivity contribution is -0.117. The highest BCUT2D eigenvalue weighted by Crippen LogP contribution is 2.38. The smallest absolute Gasteiger partial charge is 0.218 e. The molecule has 1 amide bonds. The minimum atomic E-state index is -0.299. The average Bonchev–Trinajstić information content (AvgIpc) is 2.99. The van der Waals surface area contributed by atoms with Crippen molar-refractivity contribution >= 4 is 39.2 Å². The van der Waals surface area contributed by atoms with E-state index in [1.807, 2.05) is 38.1 Å². The minimum absolute atomic E-state index is 0.299. The van der Waals surface area contributed by atoms with Gasteiger partial charge >= 0.3 is 0 Å². The average molecular weight is 374 g/mol. The van der Waals surface area contributed by atoms with Gasteiger partial charge in [0.2, 0.25) is 5.91 Å². The number of rotatable bonds is 7. The first-order valence-corrected chi connectivity index (χ1v) is 9.85. The lowest BCUT2D eigenvalue weighted by Gasteiger charge is -2.07. The quantitative estimate of drug-likeness (QED) is 0.500. The second-order valence-electron chi connectivity index (χ2n) is 5.43. The molecule has 0 unspecified atom stereocenters. The molecule has 0 spiro atoms. The first kappa shape index (κ1) is 17.7. The van der Waals surface area contributed by atoms with Crippen molar-refractivity contribution in [2.45, 2.75) is 25.3 Å².